The highest BCUT2D eigenvalue weighted by atomic mass is 15.1. The van der Waals surface area contributed by atoms with Crippen molar-refractivity contribution >= 4 is 43.6 Å². The van der Waals surface area contributed by atoms with Gasteiger partial charge in [-0.25, -0.2) is 15.0 Å². The smallest absolute Gasteiger partial charge is 0.164 e. The van der Waals surface area contributed by atoms with Crippen LogP contribution in [-0.2, 0) is 5.41 Å². The second-order valence-electron chi connectivity index (χ2n) is 19.4. The van der Waals surface area contributed by atoms with Crippen LogP contribution >= 0.6 is 0 Å². The Labute approximate surface area is 434 Å². The maximum absolute atomic E-state index is 5.43. The van der Waals surface area contributed by atoms with Crippen molar-refractivity contribution in [2.24, 2.45) is 0 Å². The van der Waals surface area contributed by atoms with Gasteiger partial charge in [-0.2, -0.15) is 0 Å². The molecule has 3 aromatic heterocycles. The molecule has 0 atom stereocenters. The minimum Gasteiger partial charge on any atom is -0.309 e. The molecule has 1 aliphatic carbocycles. The molecule has 3 heterocycles. The fourth-order valence-corrected chi connectivity index (χ4v) is 12.4. The van der Waals surface area contributed by atoms with Gasteiger partial charge >= 0.3 is 0 Å². The maximum atomic E-state index is 5.43. The van der Waals surface area contributed by atoms with Gasteiger partial charge in [0.1, 0.15) is 0 Å². The van der Waals surface area contributed by atoms with E-state index in [-0.39, 0.29) is 0 Å². The van der Waals surface area contributed by atoms with E-state index in [0.29, 0.717) is 17.5 Å². The monoisotopic (exact) mass is 955 g/mol. The summed E-state index contributed by atoms with van der Waals surface area (Å²) in [5.74, 6) is 1.79. The molecule has 0 N–H and O–H groups in total. The lowest BCUT2D eigenvalue weighted by Crippen LogP contribution is -2.28. The van der Waals surface area contributed by atoms with E-state index in [1.54, 1.807) is 0 Å². The number of nitrogens with zero attached hydrogens (tertiary/aromatic N) is 5. The van der Waals surface area contributed by atoms with E-state index in [0.717, 1.165) is 61.3 Å². The van der Waals surface area contributed by atoms with Crippen LogP contribution in [-0.4, -0.2) is 24.1 Å². The average Bonchev–Trinajstić information content (AvgIpc) is 4.17. The molecule has 0 amide bonds. The first-order chi connectivity index (χ1) is 37.2. The molecule has 0 spiro atoms. The highest BCUT2D eigenvalue weighted by molar-refractivity contribution is 6.13. The molecule has 15 rings (SSSR count). The van der Waals surface area contributed by atoms with E-state index in [2.05, 4.69) is 246 Å². The van der Waals surface area contributed by atoms with Crippen molar-refractivity contribution in [2.45, 2.75) is 5.41 Å². The number of para-hydroxylation sites is 4. The molecule has 5 heteroatoms. The van der Waals surface area contributed by atoms with E-state index < -0.39 is 5.41 Å². The van der Waals surface area contributed by atoms with Crippen molar-refractivity contribution in [3.05, 3.63) is 295 Å². The normalized spacial score (nSPS) is 12.6. The molecule has 14 aromatic rings. The Morgan fingerprint density at radius 3 is 1.07 bits per heavy atom. The van der Waals surface area contributed by atoms with Gasteiger partial charge in [0.25, 0.3) is 0 Å². The summed E-state index contributed by atoms with van der Waals surface area (Å²) in [7, 11) is 0. The van der Waals surface area contributed by atoms with E-state index >= 15 is 0 Å². The maximum Gasteiger partial charge on any atom is 0.164 e. The van der Waals surface area contributed by atoms with Gasteiger partial charge in [0.15, 0.2) is 17.5 Å². The first-order valence-electron chi connectivity index (χ1n) is 25.6. The molecular weight excluding hydrogens is 911 g/mol. The predicted molar refractivity (Wildman–Crippen MR) is 308 cm³/mol. The fourth-order valence-electron chi connectivity index (χ4n) is 12.4. The van der Waals surface area contributed by atoms with E-state index in [9.17, 15) is 0 Å². The summed E-state index contributed by atoms with van der Waals surface area (Å²) >= 11 is 0. The van der Waals surface area contributed by atoms with Crippen molar-refractivity contribution in [3.8, 4) is 67.8 Å². The highest BCUT2D eigenvalue weighted by Crippen LogP contribution is 2.59. The van der Waals surface area contributed by atoms with Gasteiger partial charge in [-0.1, -0.05) is 237 Å². The number of fused-ring (bicyclic) bond motifs is 9. The van der Waals surface area contributed by atoms with Crippen LogP contribution in [0.1, 0.15) is 22.3 Å². The van der Waals surface area contributed by atoms with Gasteiger partial charge in [0, 0.05) is 43.8 Å². The van der Waals surface area contributed by atoms with Crippen molar-refractivity contribution in [1.29, 1.82) is 0 Å². The zero-order valence-electron chi connectivity index (χ0n) is 40.7. The van der Waals surface area contributed by atoms with Crippen LogP contribution < -0.4 is 0 Å². The summed E-state index contributed by atoms with van der Waals surface area (Å²) in [6.45, 7) is 0. The number of hydrogen-bond donors (Lipinski definition) is 0. The van der Waals surface area contributed by atoms with Gasteiger partial charge in [0.05, 0.1) is 38.9 Å². The number of benzene rings is 11. The Bertz CT molecular complexity index is 4180. The molecule has 350 valence electrons. The SMILES string of the molecule is c1ccc(-c2nc(-c3ccccc3)nc(-c3cc(-n4c5ccccc5c5ccccc54)c(-c4cccc5c4-c4ccccc4C5(c4ccccc4)c4ccccc4)c(-n4c5ccccc5c5ccccc54)c3)n2)cc1. The molecule has 0 fully saturated rings. The Balaban J connectivity index is 1.15. The Morgan fingerprint density at radius 1 is 0.267 bits per heavy atom. The lowest BCUT2D eigenvalue weighted by Gasteiger charge is -2.34. The van der Waals surface area contributed by atoms with Crippen LogP contribution in [0.3, 0.4) is 0 Å². The lowest BCUT2D eigenvalue weighted by molar-refractivity contribution is 0.768. The molecule has 0 saturated carbocycles. The summed E-state index contributed by atoms with van der Waals surface area (Å²) in [6, 6.07) is 98.7. The van der Waals surface area contributed by atoms with Crippen LogP contribution in [0.2, 0.25) is 0 Å². The minimum absolute atomic E-state index is 0.578. The molecule has 0 saturated heterocycles. The van der Waals surface area contributed by atoms with Crippen LogP contribution in [0.4, 0.5) is 0 Å². The largest absolute Gasteiger partial charge is 0.309 e. The van der Waals surface area contributed by atoms with Gasteiger partial charge in [-0.3, -0.25) is 0 Å². The molecule has 1 aliphatic rings. The van der Waals surface area contributed by atoms with Gasteiger partial charge in [0.2, 0.25) is 0 Å². The topological polar surface area (TPSA) is 48.5 Å². The standard InChI is InChI=1S/C70H45N5/c1-5-24-46(25-6-1)67-71-68(47-26-7-2-8-27-47)73-69(72-67)48-44-63(74-59-40-19-14-32-51(59)52-33-15-20-41-60(52)74)66(64(45-48)75-61-42-21-16-34-53(61)54-35-17-22-43-62(54)75)56-37-23-39-58-65(56)55-36-13-18-38-57(55)70(58,49-28-9-3-10-29-49)50-30-11-4-12-31-50/h1-45H. The third-order valence-corrected chi connectivity index (χ3v) is 15.4. The first-order valence-corrected chi connectivity index (χ1v) is 25.6. The van der Waals surface area contributed by atoms with E-state index in [4.69, 9.17) is 15.0 Å². The van der Waals surface area contributed by atoms with E-state index in [1.807, 2.05) is 36.4 Å². The second kappa shape index (κ2) is 17.1. The molecule has 5 nitrogen and oxygen atoms in total. The average molecular weight is 956 g/mol. The van der Waals surface area contributed by atoms with Crippen LogP contribution in [0, 0.1) is 0 Å². The fraction of sp³-hybridized carbons (Fsp3) is 0.0143. The summed E-state index contributed by atoms with van der Waals surface area (Å²) in [6.07, 6.45) is 0. The molecule has 0 unspecified atom stereocenters. The Kier molecular flexibility index (Phi) is 9.72. The highest BCUT2D eigenvalue weighted by Gasteiger charge is 2.47. The molecule has 11 aromatic carbocycles. The Hall–Kier alpha value is -9.97. The second-order valence-corrected chi connectivity index (χ2v) is 19.4. The molecule has 0 bridgehead atoms. The zero-order chi connectivity index (χ0) is 49.5. The quantitative estimate of drug-likeness (QED) is 0.152. The summed E-state index contributed by atoms with van der Waals surface area (Å²) in [4.78, 5) is 16.0. The lowest BCUT2D eigenvalue weighted by atomic mass is 9.67. The molecule has 0 radical (unpaired) electrons. The molecular formula is C70H45N5. The molecule has 0 aliphatic heterocycles. The van der Waals surface area contributed by atoms with Crippen LogP contribution in [0.5, 0.6) is 0 Å². The first kappa shape index (κ1) is 42.7. The van der Waals surface area contributed by atoms with Crippen molar-refractivity contribution in [3.63, 3.8) is 0 Å². The third kappa shape index (κ3) is 6.48. The van der Waals surface area contributed by atoms with Gasteiger partial charge in [-0.15, -0.1) is 0 Å². The third-order valence-electron chi connectivity index (χ3n) is 15.4. The number of rotatable bonds is 8. The Morgan fingerprint density at radius 2 is 0.613 bits per heavy atom. The molecule has 75 heavy (non-hydrogen) atoms. The van der Waals surface area contributed by atoms with Crippen molar-refractivity contribution in [2.75, 3.05) is 0 Å². The zero-order valence-corrected chi connectivity index (χ0v) is 40.7. The van der Waals surface area contributed by atoms with Crippen molar-refractivity contribution < 1.29 is 0 Å². The van der Waals surface area contributed by atoms with Crippen LogP contribution in [0.25, 0.3) is 111 Å². The summed E-state index contributed by atoms with van der Waals surface area (Å²) in [5, 5.41) is 4.71. The van der Waals surface area contributed by atoms with Crippen LogP contribution in [0.15, 0.2) is 273 Å². The number of hydrogen-bond acceptors (Lipinski definition) is 3. The van der Waals surface area contributed by atoms with Gasteiger partial charge in [-0.05, 0) is 75.3 Å². The summed E-state index contributed by atoms with van der Waals surface area (Å²) in [5.41, 5.74) is 18.1. The van der Waals surface area contributed by atoms with Gasteiger partial charge < -0.3 is 9.13 Å². The van der Waals surface area contributed by atoms with E-state index in [1.165, 1.54) is 54.9 Å². The predicted octanol–water partition coefficient (Wildman–Crippen LogP) is 17.1. The summed E-state index contributed by atoms with van der Waals surface area (Å²) < 4.78 is 4.97. The van der Waals surface area contributed by atoms with Crippen molar-refractivity contribution in [1.82, 2.24) is 24.1 Å². The number of aromatic nitrogens is 5. The minimum atomic E-state index is -0.614.